The highest BCUT2D eigenvalue weighted by molar-refractivity contribution is 9.10. The summed E-state index contributed by atoms with van der Waals surface area (Å²) in [4.78, 5) is 2.30. The smallest absolute Gasteiger partial charge is 0.211 e. The molecule has 0 amide bonds. The van der Waals surface area contributed by atoms with E-state index in [1.807, 2.05) is 25.1 Å². The SMILES string of the molecule is C[C@@H]1CN(Cc2ccccc2Br)CCN1S(C)(=O)=O. The Morgan fingerprint density at radius 3 is 2.58 bits per heavy atom. The first-order valence-corrected chi connectivity index (χ1v) is 8.94. The van der Waals surface area contributed by atoms with Crippen LogP contribution in [-0.2, 0) is 16.6 Å². The van der Waals surface area contributed by atoms with Gasteiger partial charge in [0.1, 0.15) is 0 Å². The molecule has 1 heterocycles. The summed E-state index contributed by atoms with van der Waals surface area (Å²) in [5.41, 5.74) is 1.24. The van der Waals surface area contributed by atoms with Gasteiger partial charge in [-0.15, -0.1) is 0 Å². The fraction of sp³-hybridized carbons (Fsp3) is 0.538. The second-order valence-electron chi connectivity index (χ2n) is 5.05. The standard InChI is InChI=1S/C13H19BrN2O2S/c1-11-9-15(7-8-16(11)19(2,17)18)10-12-5-3-4-6-13(12)14/h3-6,11H,7-10H2,1-2H3/t11-/m1/s1. The zero-order valence-corrected chi connectivity index (χ0v) is 13.6. The van der Waals surface area contributed by atoms with Crippen LogP contribution in [-0.4, -0.2) is 49.6 Å². The quantitative estimate of drug-likeness (QED) is 0.839. The molecule has 0 bridgehead atoms. The van der Waals surface area contributed by atoms with Crippen molar-refractivity contribution in [1.29, 1.82) is 0 Å². The van der Waals surface area contributed by atoms with Crippen LogP contribution in [0.1, 0.15) is 12.5 Å². The van der Waals surface area contributed by atoms with E-state index in [-0.39, 0.29) is 6.04 Å². The predicted molar refractivity (Wildman–Crippen MR) is 80.4 cm³/mol. The van der Waals surface area contributed by atoms with Gasteiger partial charge < -0.3 is 0 Å². The highest BCUT2D eigenvalue weighted by Crippen LogP contribution is 2.20. The molecule has 1 fully saturated rings. The second kappa shape index (κ2) is 5.91. The minimum absolute atomic E-state index is 0.0336. The van der Waals surface area contributed by atoms with Crippen molar-refractivity contribution in [3.63, 3.8) is 0 Å². The molecule has 6 heteroatoms. The minimum Gasteiger partial charge on any atom is -0.296 e. The van der Waals surface area contributed by atoms with Crippen molar-refractivity contribution in [3.05, 3.63) is 34.3 Å². The maximum atomic E-state index is 11.6. The first kappa shape index (κ1) is 15.0. The first-order chi connectivity index (χ1) is 8.88. The summed E-state index contributed by atoms with van der Waals surface area (Å²) in [5, 5.41) is 0. The Labute approximate surface area is 123 Å². The van der Waals surface area contributed by atoms with Crippen LogP contribution >= 0.6 is 15.9 Å². The Morgan fingerprint density at radius 2 is 2.00 bits per heavy atom. The van der Waals surface area contributed by atoms with Gasteiger partial charge in [0.15, 0.2) is 0 Å². The summed E-state index contributed by atoms with van der Waals surface area (Å²) in [6.07, 6.45) is 1.28. The van der Waals surface area contributed by atoms with Gasteiger partial charge in [-0.3, -0.25) is 4.90 Å². The summed E-state index contributed by atoms with van der Waals surface area (Å²) in [5.74, 6) is 0. The largest absolute Gasteiger partial charge is 0.296 e. The molecule has 1 aliphatic heterocycles. The Balaban J connectivity index is 2.02. The van der Waals surface area contributed by atoms with Crippen molar-refractivity contribution >= 4 is 26.0 Å². The zero-order valence-electron chi connectivity index (χ0n) is 11.2. The van der Waals surface area contributed by atoms with Gasteiger partial charge in [0, 0.05) is 36.7 Å². The minimum atomic E-state index is -3.08. The molecule has 0 aromatic heterocycles. The van der Waals surface area contributed by atoms with Crippen LogP contribution in [0.5, 0.6) is 0 Å². The molecular weight excluding hydrogens is 328 g/mol. The Bertz CT molecular complexity index is 547. The number of nitrogens with zero attached hydrogens (tertiary/aromatic N) is 2. The fourth-order valence-corrected chi connectivity index (χ4v) is 4.06. The zero-order chi connectivity index (χ0) is 14.0. The van der Waals surface area contributed by atoms with E-state index in [1.54, 1.807) is 4.31 Å². The molecule has 0 aliphatic carbocycles. The molecule has 0 spiro atoms. The van der Waals surface area contributed by atoms with E-state index in [2.05, 4.69) is 26.9 Å². The molecule has 1 aromatic rings. The van der Waals surface area contributed by atoms with Crippen molar-refractivity contribution in [2.24, 2.45) is 0 Å². The van der Waals surface area contributed by atoms with Gasteiger partial charge in [0.2, 0.25) is 10.0 Å². The maximum Gasteiger partial charge on any atom is 0.211 e. The van der Waals surface area contributed by atoms with Crippen LogP contribution in [0.25, 0.3) is 0 Å². The van der Waals surface area contributed by atoms with Crippen LogP contribution in [0.15, 0.2) is 28.7 Å². The molecule has 106 valence electrons. The molecule has 1 aromatic carbocycles. The fourth-order valence-electron chi connectivity index (χ4n) is 2.52. The number of hydrogen-bond acceptors (Lipinski definition) is 3. The molecule has 1 saturated heterocycles. The Morgan fingerprint density at radius 1 is 1.32 bits per heavy atom. The molecule has 0 N–H and O–H groups in total. The van der Waals surface area contributed by atoms with E-state index in [0.29, 0.717) is 6.54 Å². The number of rotatable bonds is 3. The van der Waals surface area contributed by atoms with E-state index >= 15 is 0 Å². The number of piperazine rings is 1. The number of hydrogen-bond donors (Lipinski definition) is 0. The lowest BCUT2D eigenvalue weighted by molar-refractivity contribution is 0.138. The van der Waals surface area contributed by atoms with Crippen molar-refractivity contribution < 1.29 is 8.42 Å². The molecule has 0 saturated carbocycles. The third-order valence-corrected chi connectivity index (χ3v) is 5.60. The van der Waals surface area contributed by atoms with E-state index in [9.17, 15) is 8.42 Å². The third-order valence-electron chi connectivity index (χ3n) is 3.43. The van der Waals surface area contributed by atoms with Gasteiger partial charge in [0.25, 0.3) is 0 Å². The van der Waals surface area contributed by atoms with Gasteiger partial charge in [-0.2, -0.15) is 4.31 Å². The molecule has 1 aliphatic rings. The maximum absolute atomic E-state index is 11.6. The van der Waals surface area contributed by atoms with Crippen molar-refractivity contribution in [1.82, 2.24) is 9.21 Å². The molecule has 0 unspecified atom stereocenters. The summed E-state index contributed by atoms with van der Waals surface area (Å²) in [6.45, 7) is 4.94. The molecule has 0 radical (unpaired) electrons. The lowest BCUT2D eigenvalue weighted by Crippen LogP contribution is -2.53. The summed E-state index contributed by atoms with van der Waals surface area (Å²) >= 11 is 3.55. The van der Waals surface area contributed by atoms with Crippen molar-refractivity contribution in [3.8, 4) is 0 Å². The van der Waals surface area contributed by atoms with Crippen molar-refractivity contribution in [2.75, 3.05) is 25.9 Å². The average molecular weight is 347 g/mol. The first-order valence-electron chi connectivity index (χ1n) is 6.30. The number of halogens is 1. The molecular formula is C13H19BrN2O2S. The second-order valence-corrected chi connectivity index (χ2v) is 7.84. The van der Waals surface area contributed by atoms with Gasteiger partial charge >= 0.3 is 0 Å². The molecule has 19 heavy (non-hydrogen) atoms. The van der Waals surface area contributed by atoms with E-state index in [4.69, 9.17) is 0 Å². The van der Waals surface area contributed by atoms with Crippen LogP contribution in [0, 0.1) is 0 Å². The van der Waals surface area contributed by atoms with E-state index in [0.717, 1.165) is 24.1 Å². The Hall–Kier alpha value is -0.430. The highest BCUT2D eigenvalue weighted by Gasteiger charge is 2.29. The lowest BCUT2D eigenvalue weighted by atomic mass is 10.1. The predicted octanol–water partition coefficient (Wildman–Crippen LogP) is 1.91. The highest BCUT2D eigenvalue weighted by atomic mass is 79.9. The van der Waals surface area contributed by atoms with Crippen LogP contribution in [0.2, 0.25) is 0 Å². The van der Waals surface area contributed by atoms with E-state index in [1.165, 1.54) is 11.8 Å². The van der Waals surface area contributed by atoms with Crippen molar-refractivity contribution in [2.45, 2.75) is 19.5 Å². The van der Waals surface area contributed by atoms with Crippen LogP contribution in [0.4, 0.5) is 0 Å². The monoisotopic (exact) mass is 346 g/mol. The van der Waals surface area contributed by atoms with Crippen LogP contribution < -0.4 is 0 Å². The Kier molecular flexibility index (Phi) is 4.66. The van der Waals surface area contributed by atoms with Gasteiger partial charge in [-0.25, -0.2) is 8.42 Å². The lowest BCUT2D eigenvalue weighted by Gasteiger charge is -2.38. The normalized spacial score (nSPS) is 22.6. The summed E-state index contributed by atoms with van der Waals surface area (Å²) < 4.78 is 25.9. The van der Waals surface area contributed by atoms with E-state index < -0.39 is 10.0 Å². The van der Waals surface area contributed by atoms with Crippen LogP contribution in [0.3, 0.4) is 0 Å². The molecule has 1 atom stereocenters. The molecule has 4 nitrogen and oxygen atoms in total. The number of benzene rings is 1. The third kappa shape index (κ3) is 3.78. The van der Waals surface area contributed by atoms with Gasteiger partial charge in [-0.1, -0.05) is 34.1 Å². The average Bonchev–Trinajstić information content (AvgIpc) is 2.30. The topological polar surface area (TPSA) is 40.6 Å². The summed E-state index contributed by atoms with van der Waals surface area (Å²) in [7, 11) is -3.08. The summed E-state index contributed by atoms with van der Waals surface area (Å²) in [6, 6.07) is 8.18. The molecule has 2 rings (SSSR count). The van der Waals surface area contributed by atoms with Gasteiger partial charge in [0.05, 0.1) is 6.26 Å². The number of sulfonamides is 1. The van der Waals surface area contributed by atoms with Gasteiger partial charge in [-0.05, 0) is 18.6 Å².